The lowest BCUT2D eigenvalue weighted by Crippen LogP contribution is -2.59. The lowest BCUT2D eigenvalue weighted by Gasteiger charge is -2.39. The third-order valence-corrected chi connectivity index (χ3v) is 8.77. The fraction of sp³-hybridized carbons (Fsp3) is 0.972. The Morgan fingerprint density at radius 3 is 1.58 bits per heavy atom. The zero-order valence-corrected chi connectivity index (χ0v) is 28.9. The molecular weight excluding hydrogens is 576 g/mol. The second kappa shape index (κ2) is 29.3. The molecule has 1 rings (SSSR count). The van der Waals surface area contributed by atoms with Crippen LogP contribution in [0.2, 0.25) is 0 Å². The molecule has 1 aliphatic heterocycles. The van der Waals surface area contributed by atoms with Crippen LogP contribution >= 0.6 is 0 Å². The highest BCUT2D eigenvalue weighted by molar-refractivity contribution is 5.69. The first kappa shape index (κ1) is 42.2. The summed E-state index contributed by atoms with van der Waals surface area (Å²) in [4.78, 5) is 12.4. The Balaban J connectivity index is 2.16. The molecule has 0 aliphatic carbocycles. The first-order valence-electron chi connectivity index (χ1n) is 18.6. The summed E-state index contributed by atoms with van der Waals surface area (Å²) in [5, 5.41) is 39.7. The molecule has 0 aromatic rings. The lowest BCUT2D eigenvalue weighted by molar-refractivity contribution is -0.305. The number of carbonyl (C=O) groups excluding carboxylic acids is 1. The number of carbonyl (C=O) groups is 1. The van der Waals surface area contributed by atoms with Gasteiger partial charge in [0.1, 0.15) is 30.5 Å². The van der Waals surface area contributed by atoms with Gasteiger partial charge in [-0.05, 0) is 12.8 Å². The van der Waals surface area contributed by atoms with E-state index in [0.717, 1.165) is 38.5 Å². The fourth-order valence-electron chi connectivity index (χ4n) is 5.78. The number of hydrogen-bond donors (Lipinski definition) is 4. The van der Waals surface area contributed by atoms with Gasteiger partial charge in [-0.1, -0.05) is 142 Å². The Hall–Kier alpha value is -0.810. The molecule has 0 aromatic carbocycles. The Morgan fingerprint density at radius 2 is 1.09 bits per heavy atom. The number of aliphatic hydroxyl groups excluding tert-OH is 4. The Bertz CT molecular complexity index is 662. The minimum Gasteiger partial charge on any atom is -0.457 e. The molecule has 1 aliphatic rings. The van der Waals surface area contributed by atoms with Crippen molar-refractivity contribution in [3.8, 4) is 0 Å². The van der Waals surface area contributed by atoms with Crippen LogP contribution in [-0.4, -0.2) is 89.6 Å². The largest absolute Gasteiger partial charge is 0.457 e. The average molecular weight is 647 g/mol. The van der Waals surface area contributed by atoms with Crippen molar-refractivity contribution >= 4 is 5.97 Å². The van der Waals surface area contributed by atoms with Crippen molar-refractivity contribution in [2.75, 3.05) is 26.4 Å². The van der Waals surface area contributed by atoms with Crippen molar-refractivity contribution in [1.29, 1.82) is 0 Å². The van der Waals surface area contributed by atoms with Gasteiger partial charge in [-0.25, -0.2) is 0 Å². The van der Waals surface area contributed by atoms with Gasteiger partial charge >= 0.3 is 5.97 Å². The van der Waals surface area contributed by atoms with Gasteiger partial charge in [0.05, 0.1) is 19.8 Å². The summed E-state index contributed by atoms with van der Waals surface area (Å²) < 4.78 is 22.5. The van der Waals surface area contributed by atoms with E-state index in [1.807, 2.05) is 0 Å². The normalized spacial score (nSPS) is 22.5. The summed E-state index contributed by atoms with van der Waals surface area (Å²) in [6, 6.07) is 0. The molecule has 0 amide bonds. The van der Waals surface area contributed by atoms with Crippen LogP contribution in [0.1, 0.15) is 162 Å². The Morgan fingerprint density at radius 1 is 0.622 bits per heavy atom. The molecule has 0 aromatic heterocycles. The predicted molar refractivity (Wildman–Crippen MR) is 178 cm³/mol. The van der Waals surface area contributed by atoms with E-state index >= 15 is 0 Å². The minimum atomic E-state index is -1.53. The van der Waals surface area contributed by atoms with E-state index in [4.69, 9.17) is 18.9 Å². The first-order chi connectivity index (χ1) is 21.9. The Labute approximate surface area is 274 Å². The molecule has 45 heavy (non-hydrogen) atoms. The first-order valence-corrected chi connectivity index (χ1v) is 18.6. The van der Waals surface area contributed by atoms with Gasteiger partial charge in [0, 0.05) is 13.0 Å². The second-order valence-corrected chi connectivity index (χ2v) is 13.0. The van der Waals surface area contributed by atoms with Gasteiger partial charge < -0.3 is 39.4 Å². The van der Waals surface area contributed by atoms with Crippen molar-refractivity contribution in [2.24, 2.45) is 0 Å². The van der Waals surface area contributed by atoms with Gasteiger partial charge in [0.15, 0.2) is 6.29 Å². The standard InChI is InChI=1S/C36H70O9/c1-3-5-7-9-10-11-12-13-14-15-16-17-18-19-20-21-22-24-26-42-28-30(44-32(38)25-23-8-6-4-2)29-43-36-35(41)34(40)33(39)31(27-37)45-36/h30-31,33-37,39-41H,3-29H2,1-2H3. The van der Waals surface area contributed by atoms with Gasteiger partial charge in [0.2, 0.25) is 0 Å². The lowest BCUT2D eigenvalue weighted by atomic mass is 9.99. The number of esters is 1. The fourth-order valence-corrected chi connectivity index (χ4v) is 5.78. The molecule has 9 nitrogen and oxygen atoms in total. The van der Waals surface area contributed by atoms with Gasteiger partial charge in [-0.2, -0.15) is 0 Å². The quantitative estimate of drug-likeness (QED) is 0.0477. The molecule has 9 heteroatoms. The summed E-state index contributed by atoms with van der Waals surface area (Å²) in [5.74, 6) is -0.328. The van der Waals surface area contributed by atoms with Crippen molar-refractivity contribution in [1.82, 2.24) is 0 Å². The van der Waals surface area contributed by atoms with Crippen LogP contribution in [0.3, 0.4) is 0 Å². The van der Waals surface area contributed by atoms with Crippen molar-refractivity contribution in [2.45, 2.75) is 198 Å². The maximum Gasteiger partial charge on any atom is 0.306 e. The number of unbranched alkanes of at least 4 members (excludes halogenated alkanes) is 20. The van der Waals surface area contributed by atoms with Crippen LogP contribution in [0.25, 0.3) is 0 Å². The Kier molecular flexibility index (Phi) is 27.5. The molecule has 1 saturated heterocycles. The summed E-state index contributed by atoms with van der Waals surface area (Å²) >= 11 is 0. The maximum atomic E-state index is 12.4. The highest BCUT2D eigenvalue weighted by Gasteiger charge is 2.44. The van der Waals surface area contributed by atoms with Crippen LogP contribution in [-0.2, 0) is 23.7 Å². The van der Waals surface area contributed by atoms with E-state index in [1.165, 1.54) is 103 Å². The SMILES string of the molecule is CCCCCCCCCCCCCCCCCCCCOCC(COC1OC(CO)C(O)C(O)C1O)OC(=O)CCCCCC. The zero-order valence-electron chi connectivity index (χ0n) is 28.9. The molecular formula is C36H70O9. The molecule has 0 bridgehead atoms. The van der Waals surface area contributed by atoms with E-state index in [0.29, 0.717) is 13.0 Å². The van der Waals surface area contributed by atoms with Gasteiger partial charge in [-0.15, -0.1) is 0 Å². The van der Waals surface area contributed by atoms with Gasteiger partial charge in [-0.3, -0.25) is 4.79 Å². The topological polar surface area (TPSA) is 135 Å². The summed E-state index contributed by atoms with van der Waals surface area (Å²) in [5.41, 5.74) is 0. The monoisotopic (exact) mass is 647 g/mol. The highest BCUT2D eigenvalue weighted by Crippen LogP contribution is 2.22. The molecule has 1 heterocycles. The molecule has 268 valence electrons. The van der Waals surface area contributed by atoms with Crippen LogP contribution in [0, 0.1) is 0 Å². The van der Waals surface area contributed by atoms with Crippen LogP contribution < -0.4 is 0 Å². The molecule has 0 spiro atoms. The molecule has 0 radical (unpaired) electrons. The van der Waals surface area contributed by atoms with E-state index in [2.05, 4.69) is 13.8 Å². The number of ether oxygens (including phenoxy) is 4. The maximum absolute atomic E-state index is 12.4. The number of rotatable bonds is 31. The van der Waals surface area contributed by atoms with Crippen molar-refractivity contribution in [3.05, 3.63) is 0 Å². The van der Waals surface area contributed by atoms with E-state index in [9.17, 15) is 25.2 Å². The predicted octanol–water partition coefficient (Wildman–Crippen LogP) is 6.74. The third kappa shape index (κ3) is 21.6. The van der Waals surface area contributed by atoms with Crippen LogP contribution in [0.4, 0.5) is 0 Å². The summed E-state index contributed by atoms with van der Waals surface area (Å²) in [6.45, 7) is 4.45. The van der Waals surface area contributed by atoms with E-state index in [-0.39, 0.29) is 19.2 Å². The molecule has 6 unspecified atom stereocenters. The summed E-state index contributed by atoms with van der Waals surface area (Å²) in [6.07, 6.45) is 20.5. The highest BCUT2D eigenvalue weighted by atomic mass is 16.7. The van der Waals surface area contributed by atoms with Gasteiger partial charge in [0.25, 0.3) is 0 Å². The second-order valence-electron chi connectivity index (χ2n) is 13.0. The number of hydrogen-bond acceptors (Lipinski definition) is 9. The van der Waals surface area contributed by atoms with Crippen molar-refractivity contribution in [3.63, 3.8) is 0 Å². The van der Waals surface area contributed by atoms with Crippen LogP contribution in [0.15, 0.2) is 0 Å². The average Bonchev–Trinajstić information content (AvgIpc) is 3.04. The number of aliphatic hydroxyl groups is 4. The zero-order chi connectivity index (χ0) is 33.0. The van der Waals surface area contributed by atoms with Crippen molar-refractivity contribution < 1.29 is 44.2 Å². The molecule has 0 saturated carbocycles. The van der Waals surface area contributed by atoms with E-state index < -0.39 is 43.4 Å². The molecule has 4 N–H and O–H groups in total. The molecule has 1 fully saturated rings. The minimum absolute atomic E-state index is 0.109. The summed E-state index contributed by atoms with van der Waals surface area (Å²) in [7, 11) is 0. The third-order valence-electron chi connectivity index (χ3n) is 8.77. The van der Waals surface area contributed by atoms with E-state index in [1.54, 1.807) is 0 Å². The van der Waals surface area contributed by atoms with Crippen LogP contribution in [0.5, 0.6) is 0 Å². The smallest absolute Gasteiger partial charge is 0.306 e. The molecule has 6 atom stereocenters.